The largest absolute Gasteiger partial charge is 0.358 e. The molecule has 0 radical (unpaired) electrons. The van der Waals surface area contributed by atoms with Crippen LogP contribution in [0, 0.1) is 20.8 Å². The molecule has 3 aromatic heterocycles. The van der Waals surface area contributed by atoms with Gasteiger partial charge in [0.15, 0.2) is 5.76 Å². The molecule has 1 aliphatic rings. The second-order valence-corrected chi connectivity index (χ2v) is 8.90. The van der Waals surface area contributed by atoms with E-state index in [1.807, 2.05) is 37.4 Å². The van der Waals surface area contributed by atoms with Gasteiger partial charge in [0, 0.05) is 44.7 Å². The van der Waals surface area contributed by atoms with Gasteiger partial charge in [-0.2, -0.15) is 0 Å². The lowest BCUT2D eigenvalue weighted by Gasteiger charge is -2.12. The van der Waals surface area contributed by atoms with Gasteiger partial charge >= 0.3 is 0 Å². The molecule has 0 bridgehead atoms. The third kappa shape index (κ3) is 3.03. The second-order valence-electron chi connectivity index (χ2n) is 7.23. The Kier molecular flexibility index (Phi) is 4.41. The maximum absolute atomic E-state index is 6.14. The summed E-state index contributed by atoms with van der Waals surface area (Å²) in [5.41, 5.74) is 6.34. The molecule has 0 spiro atoms. The molecule has 1 atom stereocenters. The summed E-state index contributed by atoms with van der Waals surface area (Å²) in [6, 6.07) is 7.65. The number of rotatable bonds is 3. The molecule has 29 heavy (non-hydrogen) atoms. The highest BCUT2D eigenvalue weighted by Crippen LogP contribution is 2.46. The summed E-state index contributed by atoms with van der Waals surface area (Å²) in [5, 5.41) is 4.99. The van der Waals surface area contributed by atoms with Crippen molar-refractivity contribution in [2.45, 2.75) is 33.2 Å². The van der Waals surface area contributed by atoms with Crippen LogP contribution in [0.1, 0.15) is 44.9 Å². The number of benzene rings is 1. The van der Waals surface area contributed by atoms with E-state index in [1.165, 1.54) is 15.3 Å². The molecule has 7 heteroatoms. The summed E-state index contributed by atoms with van der Waals surface area (Å²) in [4.78, 5) is 15.2. The number of fused-ring (bicyclic) bond motifs is 3. The Bertz CT molecular complexity index is 1220. The zero-order valence-electron chi connectivity index (χ0n) is 16.3. The maximum Gasteiger partial charge on any atom is 0.170 e. The van der Waals surface area contributed by atoms with Crippen molar-refractivity contribution in [1.29, 1.82) is 0 Å². The molecule has 5 rings (SSSR count). The fourth-order valence-electron chi connectivity index (χ4n) is 3.82. The van der Waals surface area contributed by atoms with Gasteiger partial charge in [0.1, 0.15) is 11.9 Å². The Morgan fingerprint density at radius 3 is 2.66 bits per heavy atom. The lowest BCUT2D eigenvalue weighted by atomic mass is 9.96. The molecule has 0 saturated heterocycles. The van der Waals surface area contributed by atoms with Crippen LogP contribution in [0.15, 0.2) is 46.2 Å². The topological polar surface area (TPSA) is 67.1 Å². The third-order valence-corrected chi connectivity index (χ3v) is 6.86. The monoisotopic (exact) mass is 422 g/mol. The summed E-state index contributed by atoms with van der Waals surface area (Å²) in [5.74, 6) is 1.66. The van der Waals surface area contributed by atoms with Gasteiger partial charge in [-0.15, -0.1) is 11.3 Å². The number of nitrogens with zero attached hydrogens (tertiary/aromatic N) is 3. The zero-order chi connectivity index (χ0) is 20.1. The fraction of sp³-hybridized carbons (Fsp3) is 0.227. The van der Waals surface area contributed by atoms with Crippen LogP contribution in [0.25, 0.3) is 10.4 Å². The molecule has 0 saturated carbocycles. The van der Waals surface area contributed by atoms with Crippen molar-refractivity contribution >= 4 is 28.6 Å². The summed E-state index contributed by atoms with van der Waals surface area (Å²) in [6.07, 6.45) is 4.19. The summed E-state index contributed by atoms with van der Waals surface area (Å²) in [7, 11) is 0. The zero-order valence-corrected chi connectivity index (χ0v) is 17.9. The Morgan fingerprint density at radius 1 is 1.14 bits per heavy atom. The number of halogens is 1. The highest BCUT2D eigenvalue weighted by molar-refractivity contribution is 7.16. The Balaban J connectivity index is 1.78. The van der Waals surface area contributed by atoms with E-state index in [2.05, 4.69) is 29.0 Å². The van der Waals surface area contributed by atoms with Crippen LogP contribution in [0.4, 0.5) is 0 Å². The molecule has 0 amide bonds. The molecule has 4 heterocycles. The van der Waals surface area contributed by atoms with Gasteiger partial charge in [-0.1, -0.05) is 28.9 Å². The molecule has 1 unspecified atom stereocenters. The number of imidazole rings is 1. The van der Waals surface area contributed by atoms with Crippen molar-refractivity contribution in [3.05, 3.63) is 80.5 Å². The first-order valence-corrected chi connectivity index (χ1v) is 10.6. The van der Waals surface area contributed by atoms with Gasteiger partial charge in [0.2, 0.25) is 0 Å². The highest BCUT2D eigenvalue weighted by Gasteiger charge is 2.33. The summed E-state index contributed by atoms with van der Waals surface area (Å²) < 4.78 is 5.82. The standard InChI is InChI=1S/C22H19ClN4OS/c1-11-13(3)29-22-18(11)20(14-4-6-15(23)7-5-14)26-16(10-17-24-8-9-25-17)21-19(22)12(2)27-28-21/h4-9,16H,10H2,1-3H3,(H,24,25). The van der Waals surface area contributed by atoms with Gasteiger partial charge < -0.3 is 9.51 Å². The van der Waals surface area contributed by atoms with Crippen molar-refractivity contribution < 1.29 is 4.52 Å². The number of aromatic nitrogens is 3. The van der Waals surface area contributed by atoms with E-state index in [-0.39, 0.29) is 6.04 Å². The number of H-pyrrole nitrogens is 1. The number of aromatic amines is 1. The van der Waals surface area contributed by atoms with Crippen LogP contribution in [0.5, 0.6) is 0 Å². The van der Waals surface area contributed by atoms with E-state index in [1.54, 1.807) is 17.5 Å². The van der Waals surface area contributed by atoms with Crippen LogP contribution < -0.4 is 0 Å². The number of hydrogen-bond donors (Lipinski definition) is 1. The van der Waals surface area contributed by atoms with Crippen molar-refractivity contribution in [2.75, 3.05) is 0 Å². The fourth-order valence-corrected chi connectivity index (χ4v) is 5.21. The average Bonchev–Trinajstić information content (AvgIpc) is 3.39. The minimum Gasteiger partial charge on any atom is -0.358 e. The SMILES string of the molecule is Cc1noc2c1-c1sc(C)c(C)c1C(c1ccc(Cl)cc1)=NC2Cc1ncc[nH]1. The molecule has 0 aliphatic carbocycles. The number of nitrogens with one attached hydrogen (secondary N) is 1. The lowest BCUT2D eigenvalue weighted by Crippen LogP contribution is -2.08. The Labute approximate surface area is 177 Å². The Hall–Kier alpha value is -2.70. The van der Waals surface area contributed by atoms with Gasteiger partial charge in [-0.25, -0.2) is 4.98 Å². The molecule has 1 aliphatic heterocycles. The van der Waals surface area contributed by atoms with E-state index < -0.39 is 0 Å². The van der Waals surface area contributed by atoms with Crippen LogP contribution in [0.3, 0.4) is 0 Å². The molecule has 4 aromatic rings. The Morgan fingerprint density at radius 2 is 1.93 bits per heavy atom. The molecule has 5 nitrogen and oxygen atoms in total. The molecule has 146 valence electrons. The number of hydrogen-bond acceptors (Lipinski definition) is 5. The maximum atomic E-state index is 6.14. The average molecular weight is 423 g/mol. The first-order chi connectivity index (χ1) is 14.0. The predicted octanol–water partition coefficient (Wildman–Crippen LogP) is 5.84. The molecule has 0 fully saturated rings. The highest BCUT2D eigenvalue weighted by atomic mass is 35.5. The first-order valence-electron chi connectivity index (χ1n) is 9.41. The number of aryl methyl sites for hydroxylation is 2. The first kappa shape index (κ1) is 18.3. The smallest absolute Gasteiger partial charge is 0.170 e. The van der Waals surface area contributed by atoms with Gasteiger partial charge in [-0.3, -0.25) is 4.99 Å². The van der Waals surface area contributed by atoms with E-state index in [4.69, 9.17) is 21.1 Å². The molecule has 1 N–H and O–H groups in total. The second kappa shape index (κ2) is 6.97. The minimum atomic E-state index is -0.220. The van der Waals surface area contributed by atoms with E-state index in [9.17, 15) is 0 Å². The summed E-state index contributed by atoms with van der Waals surface area (Å²) >= 11 is 7.92. The molecular formula is C22H19ClN4OS. The van der Waals surface area contributed by atoms with Crippen LogP contribution >= 0.6 is 22.9 Å². The van der Waals surface area contributed by atoms with Crippen molar-refractivity contribution in [2.24, 2.45) is 4.99 Å². The van der Waals surface area contributed by atoms with Crippen molar-refractivity contribution in [3.63, 3.8) is 0 Å². The van der Waals surface area contributed by atoms with Gasteiger partial charge in [0.05, 0.1) is 17.0 Å². The van der Waals surface area contributed by atoms with Crippen LogP contribution in [0.2, 0.25) is 5.02 Å². The lowest BCUT2D eigenvalue weighted by molar-refractivity contribution is 0.358. The van der Waals surface area contributed by atoms with Crippen molar-refractivity contribution in [1.82, 2.24) is 15.1 Å². The minimum absolute atomic E-state index is 0.220. The quantitative estimate of drug-likeness (QED) is 0.451. The number of aliphatic imine (C=N–C) groups is 1. The molecular weight excluding hydrogens is 404 g/mol. The predicted molar refractivity (Wildman–Crippen MR) is 116 cm³/mol. The van der Waals surface area contributed by atoms with E-state index >= 15 is 0 Å². The van der Waals surface area contributed by atoms with E-state index in [0.717, 1.165) is 39.7 Å². The van der Waals surface area contributed by atoms with Crippen molar-refractivity contribution in [3.8, 4) is 10.4 Å². The van der Waals surface area contributed by atoms with Gasteiger partial charge in [0.25, 0.3) is 0 Å². The normalized spacial score (nSPS) is 15.6. The third-order valence-electron chi connectivity index (χ3n) is 5.39. The van der Waals surface area contributed by atoms with Crippen LogP contribution in [-0.2, 0) is 6.42 Å². The van der Waals surface area contributed by atoms with Crippen LogP contribution in [-0.4, -0.2) is 20.8 Å². The van der Waals surface area contributed by atoms with E-state index in [0.29, 0.717) is 11.4 Å². The number of thiophene rings is 1. The summed E-state index contributed by atoms with van der Waals surface area (Å²) in [6.45, 7) is 6.30. The van der Waals surface area contributed by atoms with Gasteiger partial charge in [-0.05, 0) is 38.5 Å². The molecule has 1 aromatic carbocycles.